The number of aromatic nitrogens is 1. The van der Waals surface area contributed by atoms with E-state index in [1.165, 1.54) is 0 Å². The van der Waals surface area contributed by atoms with Gasteiger partial charge in [0.25, 0.3) is 5.88 Å². The Morgan fingerprint density at radius 2 is 1.88 bits per heavy atom. The summed E-state index contributed by atoms with van der Waals surface area (Å²) in [5.41, 5.74) is 0. The Morgan fingerprint density at radius 1 is 1.12 bits per heavy atom. The highest BCUT2D eigenvalue weighted by Crippen LogP contribution is 2.28. The first-order valence-corrected chi connectivity index (χ1v) is 5.51. The zero-order valence-electron chi connectivity index (χ0n) is 8.68. The highest BCUT2D eigenvalue weighted by Gasteiger charge is 2.05. The quantitative estimate of drug-likeness (QED) is 0.860. The first-order chi connectivity index (χ1) is 7.79. The summed E-state index contributed by atoms with van der Waals surface area (Å²) in [5, 5.41) is 0. The summed E-state index contributed by atoms with van der Waals surface area (Å²) < 4.78 is 11.8. The summed E-state index contributed by atoms with van der Waals surface area (Å²) in [5.74, 6) is 1.80. The molecule has 0 aliphatic rings. The second kappa shape index (κ2) is 4.99. The highest BCUT2D eigenvalue weighted by molar-refractivity contribution is 9.10. The van der Waals surface area contributed by atoms with Crippen LogP contribution in [-0.4, -0.2) is 12.1 Å². The van der Waals surface area contributed by atoms with E-state index >= 15 is 0 Å². The zero-order chi connectivity index (χ0) is 11.4. The van der Waals surface area contributed by atoms with E-state index in [4.69, 9.17) is 9.47 Å². The molecule has 3 nitrogen and oxygen atoms in total. The predicted molar refractivity (Wildman–Crippen MR) is 65.0 cm³/mol. The zero-order valence-corrected chi connectivity index (χ0v) is 10.3. The standard InChI is InChI=1S/C12H10BrNO2/c1-15-11-3-2-8-14-12(11)16-10-6-4-9(13)5-7-10/h2-8H,1H3. The Labute approximate surface area is 102 Å². The van der Waals surface area contributed by atoms with Gasteiger partial charge in [-0.2, -0.15) is 0 Å². The van der Waals surface area contributed by atoms with Crippen LogP contribution in [0.25, 0.3) is 0 Å². The van der Waals surface area contributed by atoms with Gasteiger partial charge in [0.05, 0.1) is 7.11 Å². The van der Waals surface area contributed by atoms with Gasteiger partial charge in [-0.3, -0.25) is 0 Å². The van der Waals surface area contributed by atoms with E-state index in [1.807, 2.05) is 24.3 Å². The Balaban J connectivity index is 2.23. The number of methoxy groups -OCH3 is 1. The largest absolute Gasteiger partial charge is 0.491 e. The molecule has 0 fully saturated rings. The number of rotatable bonds is 3. The van der Waals surface area contributed by atoms with E-state index in [-0.39, 0.29) is 0 Å². The Bertz CT molecular complexity index is 471. The number of pyridine rings is 1. The van der Waals surface area contributed by atoms with Crippen molar-refractivity contribution in [1.82, 2.24) is 4.98 Å². The number of ether oxygens (including phenoxy) is 2. The summed E-state index contributed by atoms with van der Waals surface area (Å²) in [7, 11) is 1.59. The minimum atomic E-state index is 0.465. The van der Waals surface area contributed by atoms with Crippen molar-refractivity contribution in [2.45, 2.75) is 0 Å². The van der Waals surface area contributed by atoms with Gasteiger partial charge in [0.1, 0.15) is 5.75 Å². The summed E-state index contributed by atoms with van der Waals surface area (Å²) in [4.78, 5) is 4.11. The van der Waals surface area contributed by atoms with E-state index in [0.29, 0.717) is 11.6 Å². The van der Waals surface area contributed by atoms with Gasteiger partial charge >= 0.3 is 0 Å². The number of hydrogen-bond acceptors (Lipinski definition) is 3. The second-order valence-electron chi connectivity index (χ2n) is 3.07. The monoisotopic (exact) mass is 279 g/mol. The molecular formula is C12H10BrNO2. The number of nitrogens with zero attached hydrogens (tertiary/aromatic N) is 1. The lowest BCUT2D eigenvalue weighted by Gasteiger charge is -2.08. The molecule has 2 rings (SSSR count). The van der Waals surface area contributed by atoms with Crippen LogP contribution in [0.2, 0.25) is 0 Å². The molecule has 0 aliphatic heterocycles. The van der Waals surface area contributed by atoms with Crippen LogP contribution < -0.4 is 9.47 Å². The van der Waals surface area contributed by atoms with Crippen molar-refractivity contribution in [2.24, 2.45) is 0 Å². The molecule has 0 spiro atoms. The topological polar surface area (TPSA) is 31.4 Å². The molecule has 82 valence electrons. The molecule has 0 amide bonds. The highest BCUT2D eigenvalue weighted by atomic mass is 79.9. The number of benzene rings is 1. The molecule has 0 saturated heterocycles. The normalized spacial score (nSPS) is 9.88. The lowest BCUT2D eigenvalue weighted by molar-refractivity contribution is 0.369. The summed E-state index contributed by atoms with van der Waals surface area (Å²) >= 11 is 3.36. The van der Waals surface area contributed by atoms with Gasteiger partial charge in [-0.05, 0) is 36.4 Å². The molecular weight excluding hydrogens is 270 g/mol. The molecule has 0 aliphatic carbocycles. The third-order valence-electron chi connectivity index (χ3n) is 1.98. The van der Waals surface area contributed by atoms with Gasteiger partial charge in [0.15, 0.2) is 5.75 Å². The van der Waals surface area contributed by atoms with Gasteiger partial charge in [-0.1, -0.05) is 15.9 Å². The van der Waals surface area contributed by atoms with Crippen molar-refractivity contribution < 1.29 is 9.47 Å². The molecule has 1 aromatic heterocycles. The molecule has 0 N–H and O–H groups in total. The fraction of sp³-hybridized carbons (Fsp3) is 0.0833. The van der Waals surface area contributed by atoms with E-state index < -0.39 is 0 Å². The SMILES string of the molecule is COc1cccnc1Oc1ccc(Br)cc1. The number of hydrogen-bond donors (Lipinski definition) is 0. The van der Waals surface area contributed by atoms with Crippen molar-refractivity contribution in [3.05, 3.63) is 47.1 Å². The molecule has 4 heteroatoms. The van der Waals surface area contributed by atoms with Gasteiger partial charge in [-0.15, -0.1) is 0 Å². The Kier molecular flexibility index (Phi) is 3.41. The fourth-order valence-corrected chi connectivity index (χ4v) is 1.49. The van der Waals surface area contributed by atoms with Crippen LogP contribution in [0.3, 0.4) is 0 Å². The minimum Gasteiger partial charge on any atom is -0.491 e. The van der Waals surface area contributed by atoms with E-state index in [1.54, 1.807) is 25.4 Å². The van der Waals surface area contributed by atoms with Crippen molar-refractivity contribution in [2.75, 3.05) is 7.11 Å². The minimum absolute atomic E-state index is 0.465. The molecule has 1 heterocycles. The predicted octanol–water partition coefficient (Wildman–Crippen LogP) is 3.65. The molecule has 0 radical (unpaired) electrons. The number of halogens is 1. The average molecular weight is 280 g/mol. The summed E-state index contributed by atoms with van der Waals surface area (Å²) in [6.07, 6.45) is 1.66. The maximum atomic E-state index is 5.60. The fourth-order valence-electron chi connectivity index (χ4n) is 1.22. The molecule has 0 bridgehead atoms. The molecule has 1 aromatic carbocycles. The maximum absolute atomic E-state index is 5.60. The third-order valence-corrected chi connectivity index (χ3v) is 2.51. The van der Waals surface area contributed by atoms with Crippen LogP contribution in [0.1, 0.15) is 0 Å². The van der Waals surface area contributed by atoms with Crippen molar-refractivity contribution in [3.63, 3.8) is 0 Å². The van der Waals surface area contributed by atoms with Crippen LogP contribution >= 0.6 is 15.9 Å². The van der Waals surface area contributed by atoms with Gasteiger partial charge in [0.2, 0.25) is 0 Å². The third kappa shape index (κ3) is 2.52. The summed E-state index contributed by atoms with van der Waals surface area (Å²) in [6, 6.07) is 11.1. The molecule has 16 heavy (non-hydrogen) atoms. The molecule has 0 atom stereocenters. The van der Waals surface area contributed by atoms with Gasteiger partial charge in [0, 0.05) is 10.7 Å². The van der Waals surface area contributed by atoms with Crippen LogP contribution in [0.4, 0.5) is 0 Å². The van der Waals surface area contributed by atoms with Gasteiger partial charge < -0.3 is 9.47 Å². The molecule has 0 saturated carbocycles. The van der Waals surface area contributed by atoms with E-state index in [0.717, 1.165) is 10.2 Å². The van der Waals surface area contributed by atoms with Crippen LogP contribution in [0, 0.1) is 0 Å². The molecule has 2 aromatic rings. The van der Waals surface area contributed by atoms with Crippen LogP contribution in [0.5, 0.6) is 17.4 Å². The van der Waals surface area contributed by atoms with Crippen molar-refractivity contribution in [3.8, 4) is 17.4 Å². The summed E-state index contributed by atoms with van der Waals surface area (Å²) in [6.45, 7) is 0. The first-order valence-electron chi connectivity index (χ1n) is 4.72. The maximum Gasteiger partial charge on any atom is 0.262 e. The van der Waals surface area contributed by atoms with Crippen LogP contribution in [-0.2, 0) is 0 Å². The Hall–Kier alpha value is -1.55. The lowest BCUT2D eigenvalue weighted by Crippen LogP contribution is -1.92. The van der Waals surface area contributed by atoms with E-state index in [2.05, 4.69) is 20.9 Å². The Morgan fingerprint density at radius 3 is 2.56 bits per heavy atom. The average Bonchev–Trinajstić information content (AvgIpc) is 2.33. The first kappa shape index (κ1) is 11.0. The van der Waals surface area contributed by atoms with Crippen LogP contribution in [0.15, 0.2) is 47.1 Å². The molecule has 0 unspecified atom stereocenters. The smallest absolute Gasteiger partial charge is 0.262 e. The lowest BCUT2D eigenvalue weighted by atomic mass is 10.3. The van der Waals surface area contributed by atoms with Crippen molar-refractivity contribution in [1.29, 1.82) is 0 Å². The van der Waals surface area contributed by atoms with E-state index in [9.17, 15) is 0 Å². The second-order valence-corrected chi connectivity index (χ2v) is 3.98. The van der Waals surface area contributed by atoms with Crippen molar-refractivity contribution >= 4 is 15.9 Å². The van der Waals surface area contributed by atoms with Gasteiger partial charge in [-0.25, -0.2) is 4.98 Å².